The molecule has 1 aromatic rings. The predicted molar refractivity (Wildman–Crippen MR) is 56.6 cm³/mol. The van der Waals surface area contributed by atoms with Gasteiger partial charge in [0, 0.05) is 23.1 Å². The van der Waals surface area contributed by atoms with Crippen molar-refractivity contribution in [2.24, 2.45) is 0 Å². The first-order valence-electron chi connectivity index (χ1n) is 4.82. The summed E-state index contributed by atoms with van der Waals surface area (Å²) in [5.41, 5.74) is 1.97. The van der Waals surface area contributed by atoms with Gasteiger partial charge in [0.15, 0.2) is 0 Å². The molecule has 3 rings (SSSR count). The van der Waals surface area contributed by atoms with E-state index in [1.165, 1.54) is 36.0 Å². The molecule has 2 saturated heterocycles. The summed E-state index contributed by atoms with van der Waals surface area (Å²) in [6.07, 6.45) is 2.71. The Kier molecular flexibility index (Phi) is 1.59. The van der Waals surface area contributed by atoms with Crippen LogP contribution < -0.4 is 0 Å². The Morgan fingerprint density at radius 1 is 1.08 bits per heavy atom. The van der Waals surface area contributed by atoms with Gasteiger partial charge in [-0.25, -0.2) is 0 Å². The second-order valence-electron chi connectivity index (χ2n) is 4.03. The summed E-state index contributed by atoms with van der Waals surface area (Å²) in [6.45, 7) is 2.60. The highest BCUT2D eigenvalue weighted by molar-refractivity contribution is 9.10. The number of halogens is 1. The highest BCUT2D eigenvalue weighted by Gasteiger charge is 2.52. The average molecular weight is 238 g/mol. The Morgan fingerprint density at radius 3 is 2.08 bits per heavy atom. The van der Waals surface area contributed by atoms with Gasteiger partial charge in [-0.2, -0.15) is 0 Å². The third-order valence-electron chi connectivity index (χ3n) is 3.58. The van der Waals surface area contributed by atoms with E-state index in [1.54, 1.807) is 0 Å². The van der Waals surface area contributed by atoms with Crippen molar-refractivity contribution in [2.45, 2.75) is 18.4 Å². The van der Waals surface area contributed by atoms with Gasteiger partial charge in [0.05, 0.1) is 0 Å². The van der Waals surface area contributed by atoms with E-state index < -0.39 is 0 Å². The summed E-state index contributed by atoms with van der Waals surface area (Å²) in [7, 11) is 0. The van der Waals surface area contributed by atoms with Crippen LogP contribution in [0.5, 0.6) is 0 Å². The number of hydrogen-bond donors (Lipinski definition) is 0. The minimum absolute atomic E-state index is 0.459. The Morgan fingerprint density at radius 2 is 1.69 bits per heavy atom. The lowest BCUT2D eigenvalue weighted by molar-refractivity contribution is -0.110. The molecule has 68 valence electrons. The van der Waals surface area contributed by atoms with E-state index in [0.29, 0.717) is 5.54 Å². The highest BCUT2D eigenvalue weighted by atomic mass is 79.9. The Bertz CT molecular complexity index is 322. The van der Waals surface area contributed by atoms with Crippen molar-refractivity contribution in [3.63, 3.8) is 0 Å². The van der Waals surface area contributed by atoms with Crippen LogP contribution in [0.3, 0.4) is 0 Å². The van der Waals surface area contributed by atoms with Crippen molar-refractivity contribution in [1.29, 1.82) is 0 Å². The van der Waals surface area contributed by atoms with Gasteiger partial charge in [0.2, 0.25) is 0 Å². The molecule has 0 atom stereocenters. The van der Waals surface area contributed by atoms with Crippen LogP contribution in [0.2, 0.25) is 0 Å². The number of rotatable bonds is 1. The van der Waals surface area contributed by atoms with E-state index in [0.717, 1.165) is 0 Å². The van der Waals surface area contributed by atoms with Gasteiger partial charge in [0.25, 0.3) is 0 Å². The lowest BCUT2D eigenvalue weighted by Crippen LogP contribution is -2.66. The minimum atomic E-state index is 0.459. The molecule has 0 N–H and O–H groups in total. The van der Waals surface area contributed by atoms with E-state index in [9.17, 15) is 0 Å². The third-order valence-corrected chi connectivity index (χ3v) is 4.11. The first kappa shape index (κ1) is 8.01. The molecule has 0 aromatic heterocycles. The number of fused-ring (bicyclic) bond motifs is 1. The fraction of sp³-hybridized carbons (Fsp3) is 0.455. The molecular weight excluding hydrogens is 226 g/mol. The molecule has 2 heterocycles. The molecule has 2 heteroatoms. The van der Waals surface area contributed by atoms with E-state index >= 15 is 0 Å². The Balaban J connectivity index is 1.96. The van der Waals surface area contributed by atoms with Crippen LogP contribution in [0, 0.1) is 0 Å². The lowest BCUT2D eigenvalue weighted by atomic mass is 9.69. The van der Waals surface area contributed by atoms with Crippen LogP contribution in [-0.2, 0) is 5.54 Å². The van der Waals surface area contributed by atoms with Crippen LogP contribution in [-0.4, -0.2) is 18.0 Å². The van der Waals surface area contributed by atoms with Crippen LogP contribution in [0.1, 0.15) is 18.4 Å². The van der Waals surface area contributed by atoms with Crippen LogP contribution in [0.25, 0.3) is 0 Å². The van der Waals surface area contributed by atoms with Crippen molar-refractivity contribution < 1.29 is 0 Å². The monoisotopic (exact) mass is 237 g/mol. The molecule has 0 amide bonds. The van der Waals surface area contributed by atoms with E-state index in [4.69, 9.17) is 0 Å². The maximum absolute atomic E-state index is 3.47. The van der Waals surface area contributed by atoms with Gasteiger partial charge in [0.1, 0.15) is 0 Å². The van der Waals surface area contributed by atoms with Crippen molar-refractivity contribution in [2.75, 3.05) is 13.1 Å². The van der Waals surface area contributed by atoms with Crippen molar-refractivity contribution >= 4 is 15.9 Å². The average Bonchev–Trinajstić information content (AvgIpc) is 2.13. The normalized spacial score (nSPS) is 24.4. The first-order valence-corrected chi connectivity index (χ1v) is 5.62. The van der Waals surface area contributed by atoms with E-state index in [1.807, 2.05) is 0 Å². The molecule has 13 heavy (non-hydrogen) atoms. The molecule has 0 aliphatic carbocycles. The SMILES string of the molecule is Brc1ccc(C23CCN2CC3)cc1. The van der Waals surface area contributed by atoms with E-state index in [2.05, 4.69) is 45.1 Å². The standard InChI is InChI=1S/C11H12BrN/c12-10-3-1-9(2-4-10)11-5-7-13(11)8-6-11/h1-4H,5-8H2. The molecule has 0 radical (unpaired) electrons. The predicted octanol–water partition coefficient (Wildman–Crippen LogP) is 2.75. The molecule has 0 unspecified atom stereocenters. The van der Waals surface area contributed by atoms with Gasteiger partial charge in [-0.1, -0.05) is 28.1 Å². The molecule has 2 aliphatic heterocycles. The zero-order valence-electron chi connectivity index (χ0n) is 7.46. The molecule has 0 spiro atoms. The topological polar surface area (TPSA) is 3.24 Å². The summed E-state index contributed by atoms with van der Waals surface area (Å²) in [5.74, 6) is 0. The quantitative estimate of drug-likeness (QED) is 0.727. The van der Waals surface area contributed by atoms with E-state index in [-0.39, 0.29) is 0 Å². The van der Waals surface area contributed by atoms with Crippen LogP contribution in [0.4, 0.5) is 0 Å². The largest absolute Gasteiger partial charge is 0.293 e. The molecule has 1 aromatic carbocycles. The maximum Gasteiger partial charge on any atom is 0.0485 e. The Labute approximate surface area is 86.9 Å². The fourth-order valence-electron chi connectivity index (χ4n) is 2.55. The van der Waals surface area contributed by atoms with Gasteiger partial charge >= 0.3 is 0 Å². The van der Waals surface area contributed by atoms with Gasteiger partial charge in [-0.05, 0) is 30.5 Å². The second kappa shape index (κ2) is 2.58. The smallest absolute Gasteiger partial charge is 0.0485 e. The zero-order valence-corrected chi connectivity index (χ0v) is 9.05. The van der Waals surface area contributed by atoms with Crippen molar-refractivity contribution in [3.05, 3.63) is 34.3 Å². The molecule has 2 aliphatic rings. The van der Waals surface area contributed by atoms with Crippen LogP contribution >= 0.6 is 15.9 Å². The fourth-order valence-corrected chi connectivity index (χ4v) is 2.81. The van der Waals surface area contributed by atoms with Gasteiger partial charge in [-0.15, -0.1) is 0 Å². The molecular formula is C11H12BrN. The summed E-state index contributed by atoms with van der Waals surface area (Å²) in [4.78, 5) is 2.58. The number of hydrogen-bond acceptors (Lipinski definition) is 1. The molecule has 0 bridgehead atoms. The summed E-state index contributed by atoms with van der Waals surface area (Å²) < 4.78 is 1.18. The third kappa shape index (κ3) is 0.960. The van der Waals surface area contributed by atoms with Gasteiger partial charge in [-0.3, -0.25) is 4.90 Å². The van der Waals surface area contributed by atoms with Gasteiger partial charge < -0.3 is 0 Å². The zero-order chi connectivity index (χ0) is 8.89. The number of nitrogens with zero attached hydrogens (tertiary/aromatic N) is 1. The number of piperidine rings is 1. The second-order valence-corrected chi connectivity index (χ2v) is 4.94. The molecule has 1 nitrogen and oxygen atoms in total. The summed E-state index contributed by atoms with van der Waals surface area (Å²) in [5, 5.41) is 0. The molecule has 0 saturated carbocycles. The summed E-state index contributed by atoms with van der Waals surface area (Å²) in [6, 6.07) is 8.82. The lowest BCUT2D eigenvalue weighted by Gasteiger charge is -2.62. The van der Waals surface area contributed by atoms with Crippen molar-refractivity contribution in [3.8, 4) is 0 Å². The number of benzene rings is 1. The first-order chi connectivity index (χ1) is 6.31. The highest BCUT2D eigenvalue weighted by Crippen LogP contribution is 2.50. The minimum Gasteiger partial charge on any atom is -0.293 e. The maximum atomic E-state index is 3.47. The van der Waals surface area contributed by atoms with Crippen molar-refractivity contribution in [1.82, 2.24) is 4.90 Å². The Hall–Kier alpha value is -0.340. The summed E-state index contributed by atoms with van der Waals surface area (Å²) >= 11 is 3.47. The molecule has 2 fully saturated rings. The van der Waals surface area contributed by atoms with Crippen LogP contribution in [0.15, 0.2) is 28.7 Å².